The summed E-state index contributed by atoms with van der Waals surface area (Å²) in [7, 11) is 1.78. The van der Waals surface area contributed by atoms with E-state index >= 15 is 0 Å². The van der Waals surface area contributed by atoms with Gasteiger partial charge in [0.25, 0.3) is 0 Å². The van der Waals surface area contributed by atoms with Crippen molar-refractivity contribution in [1.82, 2.24) is 4.90 Å². The molecule has 0 amide bonds. The molecule has 1 fully saturated rings. The summed E-state index contributed by atoms with van der Waals surface area (Å²) in [5, 5.41) is 0. The Morgan fingerprint density at radius 1 is 1.29 bits per heavy atom. The summed E-state index contributed by atoms with van der Waals surface area (Å²) in [6, 6.07) is 0.457. The molecular weight excluding hydrogens is 212 g/mol. The van der Waals surface area contributed by atoms with Crippen LogP contribution in [0.2, 0.25) is 0 Å². The molecule has 2 atom stereocenters. The van der Waals surface area contributed by atoms with Crippen molar-refractivity contribution in [3.8, 4) is 0 Å². The van der Waals surface area contributed by atoms with E-state index in [1.165, 1.54) is 38.8 Å². The molecule has 2 N–H and O–H groups in total. The highest BCUT2D eigenvalue weighted by Gasteiger charge is 2.24. The largest absolute Gasteiger partial charge is 0.383 e. The molecule has 0 aromatic heterocycles. The van der Waals surface area contributed by atoms with Gasteiger partial charge < -0.3 is 15.4 Å². The zero-order chi connectivity index (χ0) is 12.7. The van der Waals surface area contributed by atoms with Gasteiger partial charge in [-0.3, -0.25) is 0 Å². The van der Waals surface area contributed by atoms with Crippen LogP contribution in [0.3, 0.4) is 0 Å². The molecule has 0 aromatic rings. The van der Waals surface area contributed by atoms with Crippen LogP contribution in [0.5, 0.6) is 0 Å². The van der Waals surface area contributed by atoms with Crippen molar-refractivity contribution in [2.24, 2.45) is 17.6 Å². The molecule has 1 aliphatic rings. The summed E-state index contributed by atoms with van der Waals surface area (Å²) in [4.78, 5) is 2.53. The van der Waals surface area contributed by atoms with E-state index in [-0.39, 0.29) is 0 Å². The molecule has 0 aliphatic heterocycles. The van der Waals surface area contributed by atoms with E-state index in [4.69, 9.17) is 10.5 Å². The fourth-order valence-corrected chi connectivity index (χ4v) is 2.80. The molecule has 0 saturated heterocycles. The van der Waals surface area contributed by atoms with Crippen molar-refractivity contribution < 1.29 is 4.74 Å². The van der Waals surface area contributed by atoms with Gasteiger partial charge in [0, 0.05) is 26.2 Å². The Bertz CT molecular complexity index is 197. The maximum atomic E-state index is 6.12. The van der Waals surface area contributed by atoms with E-state index in [2.05, 4.69) is 18.7 Å². The first-order chi connectivity index (χ1) is 8.13. The van der Waals surface area contributed by atoms with E-state index in [1.54, 1.807) is 7.11 Å². The monoisotopic (exact) mass is 242 g/mol. The molecule has 0 heterocycles. The second kappa shape index (κ2) is 8.06. The molecule has 0 aromatic carbocycles. The molecule has 17 heavy (non-hydrogen) atoms. The lowest BCUT2D eigenvalue weighted by Crippen LogP contribution is -2.34. The molecule has 0 radical (unpaired) electrons. The second-order valence-electron chi connectivity index (χ2n) is 5.83. The van der Waals surface area contributed by atoms with Crippen LogP contribution in [0, 0.1) is 11.8 Å². The van der Waals surface area contributed by atoms with Crippen LogP contribution in [-0.2, 0) is 4.74 Å². The predicted molar refractivity (Wildman–Crippen MR) is 73.1 cm³/mol. The van der Waals surface area contributed by atoms with Crippen LogP contribution in [0.4, 0.5) is 0 Å². The SMILES string of the molecule is COCCN(CCC1CCCC1N)CC(C)C. The first-order valence-corrected chi connectivity index (χ1v) is 7.10. The highest BCUT2D eigenvalue weighted by molar-refractivity contribution is 4.81. The van der Waals surface area contributed by atoms with Crippen molar-refractivity contribution in [1.29, 1.82) is 0 Å². The first kappa shape index (κ1) is 14.9. The maximum Gasteiger partial charge on any atom is 0.0589 e. The molecular formula is C14H30N2O. The number of hydrogen-bond donors (Lipinski definition) is 1. The second-order valence-corrected chi connectivity index (χ2v) is 5.83. The smallest absolute Gasteiger partial charge is 0.0589 e. The molecule has 2 unspecified atom stereocenters. The minimum atomic E-state index is 0.457. The van der Waals surface area contributed by atoms with Gasteiger partial charge in [-0.05, 0) is 37.6 Å². The van der Waals surface area contributed by atoms with Crippen molar-refractivity contribution in [2.75, 3.05) is 33.4 Å². The molecule has 1 saturated carbocycles. The van der Waals surface area contributed by atoms with Crippen molar-refractivity contribution in [3.63, 3.8) is 0 Å². The van der Waals surface area contributed by atoms with Crippen LogP contribution in [-0.4, -0.2) is 44.3 Å². The number of hydrogen-bond acceptors (Lipinski definition) is 3. The van der Waals surface area contributed by atoms with E-state index in [0.717, 1.165) is 25.0 Å². The fourth-order valence-electron chi connectivity index (χ4n) is 2.80. The van der Waals surface area contributed by atoms with Crippen LogP contribution < -0.4 is 5.73 Å². The van der Waals surface area contributed by atoms with Crippen LogP contribution >= 0.6 is 0 Å². The molecule has 1 rings (SSSR count). The average Bonchev–Trinajstić information content (AvgIpc) is 2.67. The minimum Gasteiger partial charge on any atom is -0.383 e. The Kier molecular flexibility index (Phi) is 7.09. The molecule has 1 aliphatic carbocycles. The van der Waals surface area contributed by atoms with E-state index in [0.29, 0.717) is 6.04 Å². The number of nitrogens with two attached hydrogens (primary N) is 1. The van der Waals surface area contributed by atoms with Gasteiger partial charge in [-0.25, -0.2) is 0 Å². The molecule has 3 nitrogen and oxygen atoms in total. The predicted octanol–water partition coefficient (Wildman–Crippen LogP) is 2.11. The van der Waals surface area contributed by atoms with Gasteiger partial charge in [-0.2, -0.15) is 0 Å². The number of methoxy groups -OCH3 is 1. The summed E-state index contributed by atoms with van der Waals surface area (Å²) < 4.78 is 5.18. The highest BCUT2D eigenvalue weighted by Crippen LogP contribution is 2.26. The molecule has 102 valence electrons. The number of ether oxygens (including phenoxy) is 1. The van der Waals surface area contributed by atoms with Gasteiger partial charge in [0.15, 0.2) is 0 Å². The van der Waals surface area contributed by atoms with Gasteiger partial charge >= 0.3 is 0 Å². The number of nitrogens with zero attached hydrogens (tertiary/aromatic N) is 1. The third-order valence-electron chi connectivity index (χ3n) is 3.77. The Morgan fingerprint density at radius 3 is 2.59 bits per heavy atom. The lowest BCUT2D eigenvalue weighted by atomic mass is 10.00. The molecule has 0 spiro atoms. The fraction of sp³-hybridized carbons (Fsp3) is 1.00. The summed E-state index contributed by atoms with van der Waals surface area (Å²) in [5.74, 6) is 1.48. The third kappa shape index (κ3) is 5.84. The Hall–Kier alpha value is -0.120. The Balaban J connectivity index is 2.26. The maximum absolute atomic E-state index is 6.12. The van der Waals surface area contributed by atoms with Crippen molar-refractivity contribution in [2.45, 2.75) is 45.6 Å². The van der Waals surface area contributed by atoms with Gasteiger partial charge in [-0.1, -0.05) is 20.3 Å². The van der Waals surface area contributed by atoms with E-state index < -0.39 is 0 Å². The number of rotatable bonds is 8. The van der Waals surface area contributed by atoms with Crippen molar-refractivity contribution >= 4 is 0 Å². The molecule has 3 heteroatoms. The van der Waals surface area contributed by atoms with Crippen molar-refractivity contribution in [3.05, 3.63) is 0 Å². The highest BCUT2D eigenvalue weighted by atomic mass is 16.5. The minimum absolute atomic E-state index is 0.457. The average molecular weight is 242 g/mol. The van der Waals surface area contributed by atoms with Crippen LogP contribution in [0.25, 0.3) is 0 Å². The van der Waals surface area contributed by atoms with Gasteiger partial charge in [-0.15, -0.1) is 0 Å². The third-order valence-corrected chi connectivity index (χ3v) is 3.77. The summed E-state index contributed by atoms with van der Waals surface area (Å²) in [5.41, 5.74) is 6.12. The Morgan fingerprint density at radius 2 is 2.06 bits per heavy atom. The summed E-state index contributed by atoms with van der Waals surface area (Å²) in [6.07, 6.45) is 5.15. The normalized spacial score (nSPS) is 25.1. The zero-order valence-corrected chi connectivity index (χ0v) is 11.8. The summed E-state index contributed by atoms with van der Waals surface area (Å²) in [6.45, 7) is 8.80. The molecule has 0 bridgehead atoms. The topological polar surface area (TPSA) is 38.5 Å². The van der Waals surface area contributed by atoms with Crippen LogP contribution in [0.15, 0.2) is 0 Å². The van der Waals surface area contributed by atoms with Crippen LogP contribution in [0.1, 0.15) is 39.5 Å². The van der Waals surface area contributed by atoms with Gasteiger partial charge in [0.2, 0.25) is 0 Å². The quantitative estimate of drug-likeness (QED) is 0.708. The van der Waals surface area contributed by atoms with Gasteiger partial charge in [0.05, 0.1) is 6.61 Å². The first-order valence-electron chi connectivity index (χ1n) is 7.10. The van der Waals surface area contributed by atoms with E-state index in [9.17, 15) is 0 Å². The summed E-state index contributed by atoms with van der Waals surface area (Å²) >= 11 is 0. The lowest BCUT2D eigenvalue weighted by molar-refractivity contribution is 0.135. The Labute approximate surface area is 107 Å². The lowest BCUT2D eigenvalue weighted by Gasteiger charge is -2.26. The van der Waals surface area contributed by atoms with Gasteiger partial charge in [0.1, 0.15) is 0 Å². The zero-order valence-electron chi connectivity index (χ0n) is 11.8. The van der Waals surface area contributed by atoms with E-state index in [1.807, 2.05) is 0 Å². The standard InChI is InChI=1S/C14H30N2O/c1-12(2)11-16(9-10-17-3)8-7-13-5-4-6-14(13)15/h12-14H,4-11,15H2,1-3H3.